The predicted molar refractivity (Wildman–Crippen MR) is 104 cm³/mol. The van der Waals surface area contributed by atoms with E-state index in [0.717, 1.165) is 24.5 Å². The van der Waals surface area contributed by atoms with Crippen LogP contribution in [-0.4, -0.2) is 74.3 Å². The van der Waals surface area contributed by atoms with E-state index in [-0.39, 0.29) is 5.91 Å². The third-order valence-electron chi connectivity index (χ3n) is 4.47. The standard InChI is InChI=1S/C19H25N5O3/c1-26-14-9-21-19-20-8-7-17(22-19)18(25)24-12-10-23(11-13-24)15-3-5-16(27-2)6-4-15/h3-8H,9-14H2,1-2H3,(H,20,21,22). The molecule has 0 aliphatic carbocycles. The third-order valence-corrected chi connectivity index (χ3v) is 4.47. The Morgan fingerprint density at radius 2 is 1.85 bits per heavy atom. The number of carbonyl (C=O) groups is 1. The molecule has 0 bridgehead atoms. The Morgan fingerprint density at radius 1 is 1.11 bits per heavy atom. The van der Waals surface area contributed by atoms with Crippen molar-refractivity contribution in [1.82, 2.24) is 14.9 Å². The van der Waals surface area contributed by atoms with E-state index < -0.39 is 0 Å². The van der Waals surface area contributed by atoms with Crippen molar-refractivity contribution in [3.8, 4) is 5.75 Å². The molecular formula is C19H25N5O3. The van der Waals surface area contributed by atoms with Crippen molar-refractivity contribution < 1.29 is 14.3 Å². The Bertz CT molecular complexity index is 745. The van der Waals surface area contributed by atoms with Gasteiger partial charge in [-0.2, -0.15) is 0 Å². The summed E-state index contributed by atoms with van der Waals surface area (Å²) in [6.45, 7) is 4.01. The number of methoxy groups -OCH3 is 2. The van der Waals surface area contributed by atoms with Crippen LogP contribution in [0.15, 0.2) is 36.5 Å². The van der Waals surface area contributed by atoms with E-state index in [1.165, 1.54) is 0 Å². The van der Waals surface area contributed by atoms with E-state index in [1.54, 1.807) is 26.5 Å². The molecule has 1 aromatic carbocycles. The number of aromatic nitrogens is 2. The molecule has 1 aliphatic rings. The normalized spacial score (nSPS) is 14.1. The third kappa shape index (κ3) is 4.85. The van der Waals surface area contributed by atoms with Crippen LogP contribution < -0.4 is 15.0 Å². The molecule has 1 fully saturated rings. The van der Waals surface area contributed by atoms with Crippen molar-refractivity contribution in [1.29, 1.82) is 0 Å². The van der Waals surface area contributed by atoms with Gasteiger partial charge in [0.15, 0.2) is 0 Å². The number of hydrogen-bond donors (Lipinski definition) is 1. The monoisotopic (exact) mass is 371 g/mol. The summed E-state index contributed by atoms with van der Waals surface area (Å²) in [5, 5.41) is 3.05. The fraction of sp³-hybridized carbons (Fsp3) is 0.421. The smallest absolute Gasteiger partial charge is 0.272 e. The van der Waals surface area contributed by atoms with Crippen LogP contribution >= 0.6 is 0 Å². The largest absolute Gasteiger partial charge is 0.497 e. The van der Waals surface area contributed by atoms with Crippen molar-refractivity contribution in [2.24, 2.45) is 0 Å². The Balaban J connectivity index is 1.57. The minimum atomic E-state index is -0.0680. The summed E-state index contributed by atoms with van der Waals surface area (Å²) in [6.07, 6.45) is 1.60. The van der Waals surface area contributed by atoms with E-state index in [9.17, 15) is 4.79 Å². The molecule has 8 nitrogen and oxygen atoms in total. The minimum Gasteiger partial charge on any atom is -0.497 e. The molecule has 144 valence electrons. The lowest BCUT2D eigenvalue weighted by Gasteiger charge is -2.36. The van der Waals surface area contributed by atoms with E-state index in [1.807, 2.05) is 29.2 Å². The molecule has 0 radical (unpaired) electrons. The van der Waals surface area contributed by atoms with Gasteiger partial charge < -0.3 is 24.6 Å². The van der Waals surface area contributed by atoms with Gasteiger partial charge in [-0.05, 0) is 30.3 Å². The van der Waals surface area contributed by atoms with Gasteiger partial charge in [0, 0.05) is 51.7 Å². The topological polar surface area (TPSA) is 79.8 Å². The number of piperazine rings is 1. The average Bonchev–Trinajstić information content (AvgIpc) is 2.74. The summed E-state index contributed by atoms with van der Waals surface area (Å²) in [5.74, 6) is 1.21. The summed E-state index contributed by atoms with van der Waals surface area (Å²) in [6, 6.07) is 9.63. The number of anilines is 2. The van der Waals surface area contributed by atoms with Crippen LogP contribution in [0, 0.1) is 0 Å². The zero-order valence-electron chi connectivity index (χ0n) is 15.7. The lowest BCUT2D eigenvalue weighted by molar-refractivity contribution is 0.0741. The second kappa shape index (κ2) is 9.18. The summed E-state index contributed by atoms with van der Waals surface area (Å²) >= 11 is 0. The van der Waals surface area contributed by atoms with Crippen molar-refractivity contribution in [2.45, 2.75) is 0 Å². The molecule has 27 heavy (non-hydrogen) atoms. The number of rotatable bonds is 7. The van der Waals surface area contributed by atoms with Gasteiger partial charge >= 0.3 is 0 Å². The quantitative estimate of drug-likeness (QED) is 0.739. The second-order valence-corrected chi connectivity index (χ2v) is 6.16. The fourth-order valence-electron chi connectivity index (χ4n) is 2.95. The van der Waals surface area contributed by atoms with Gasteiger partial charge in [0.2, 0.25) is 5.95 Å². The molecule has 0 spiro atoms. The molecule has 0 saturated carbocycles. The van der Waals surface area contributed by atoms with Crippen molar-refractivity contribution in [2.75, 3.05) is 63.8 Å². The highest BCUT2D eigenvalue weighted by Gasteiger charge is 2.23. The zero-order chi connectivity index (χ0) is 19.1. The summed E-state index contributed by atoms with van der Waals surface area (Å²) < 4.78 is 10.2. The summed E-state index contributed by atoms with van der Waals surface area (Å²) in [5.41, 5.74) is 1.54. The first-order valence-corrected chi connectivity index (χ1v) is 8.95. The van der Waals surface area contributed by atoms with Gasteiger partial charge in [-0.1, -0.05) is 0 Å². The molecule has 2 heterocycles. The van der Waals surface area contributed by atoms with Gasteiger partial charge in [0.05, 0.1) is 13.7 Å². The summed E-state index contributed by atoms with van der Waals surface area (Å²) in [4.78, 5) is 25.3. The molecule has 1 amide bonds. The van der Waals surface area contributed by atoms with E-state index in [0.29, 0.717) is 37.9 Å². The molecular weight excluding hydrogens is 346 g/mol. The van der Waals surface area contributed by atoms with Crippen LogP contribution in [0.2, 0.25) is 0 Å². The van der Waals surface area contributed by atoms with Crippen LogP contribution in [-0.2, 0) is 4.74 Å². The van der Waals surface area contributed by atoms with Crippen molar-refractivity contribution in [3.05, 3.63) is 42.2 Å². The van der Waals surface area contributed by atoms with Gasteiger partial charge in [0.25, 0.3) is 5.91 Å². The van der Waals surface area contributed by atoms with Gasteiger partial charge in [0.1, 0.15) is 11.4 Å². The lowest BCUT2D eigenvalue weighted by Crippen LogP contribution is -2.49. The zero-order valence-corrected chi connectivity index (χ0v) is 15.7. The number of ether oxygens (including phenoxy) is 2. The van der Waals surface area contributed by atoms with Crippen LogP contribution in [0.4, 0.5) is 11.6 Å². The molecule has 1 saturated heterocycles. The highest BCUT2D eigenvalue weighted by atomic mass is 16.5. The van der Waals surface area contributed by atoms with E-state index >= 15 is 0 Å². The van der Waals surface area contributed by atoms with Crippen molar-refractivity contribution >= 4 is 17.5 Å². The molecule has 1 aliphatic heterocycles. The number of nitrogens with zero attached hydrogens (tertiary/aromatic N) is 4. The van der Waals surface area contributed by atoms with Crippen LogP contribution in [0.3, 0.4) is 0 Å². The first-order chi connectivity index (χ1) is 13.2. The first-order valence-electron chi connectivity index (χ1n) is 8.95. The van der Waals surface area contributed by atoms with Gasteiger partial charge in [-0.3, -0.25) is 4.79 Å². The van der Waals surface area contributed by atoms with Crippen LogP contribution in [0.5, 0.6) is 5.75 Å². The van der Waals surface area contributed by atoms with Crippen molar-refractivity contribution in [3.63, 3.8) is 0 Å². The summed E-state index contributed by atoms with van der Waals surface area (Å²) in [7, 11) is 3.29. The van der Waals surface area contributed by atoms with Crippen LogP contribution in [0.25, 0.3) is 0 Å². The Morgan fingerprint density at radius 3 is 2.52 bits per heavy atom. The highest BCUT2D eigenvalue weighted by molar-refractivity contribution is 5.92. The molecule has 1 N–H and O–H groups in total. The van der Waals surface area contributed by atoms with E-state index in [2.05, 4.69) is 20.2 Å². The molecule has 8 heteroatoms. The van der Waals surface area contributed by atoms with Crippen LogP contribution in [0.1, 0.15) is 10.5 Å². The number of amides is 1. The highest BCUT2D eigenvalue weighted by Crippen LogP contribution is 2.21. The number of hydrogen-bond acceptors (Lipinski definition) is 7. The predicted octanol–water partition coefficient (Wildman–Crippen LogP) is 1.51. The maximum Gasteiger partial charge on any atom is 0.272 e. The number of nitrogens with one attached hydrogen (secondary N) is 1. The minimum absolute atomic E-state index is 0.0680. The molecule has 2 aromatic rings. The fourth-order valence-corrected chi connectivity index (χ4v) is 2.95. The Kier molecular flexibility index (Phi) is 6.43. The lowest BCUT2D eigenvalue weighted by atomic mass is 10.2. The Hall–Kier alpha value is -2.87. The first kappa shape index (κ1) is 18.9. The second-order valence-electron chi connectivity index (χ2n) is 6.16. The maximum atomic E-state index is 12.8. The van der Waals surface area contributed by atoms with Gasteiger partial charge in [-0.15, -0.1) is 0 Å². The molecule has 1 aromatic heterocycles. The SMILES string of the molecule is COCCNc1nccc(C(=O)N2CCN(c3ccc(OC)cc3)CC2)n1. The molecule has 0 unspecified atom stereocenters. The number of carbonyl (C=O) groups excluding carboxylic acids is 1. The van der Waals surface area contributed by atoms with E-state index in [4.69, 9.17) is 9.47 Å². The average molecular weight is 371 g/mol. The molecule has 0 atom stereocenters. The van der Waals surface area contributed by atoms with Gasteiger partial charge in [-0.25, -0.2) is 9.97 Å². The maximum absolute atomic E-state index is 12.8. The molecule has 3 rings (SSSR count). The number of benzene rings is 1. The Labute approximate surface area is 159 Å².